The molecule has 1 aromatic carbocycles. The summed E-state index contributed by atoms with van der Waals surface area (Å²) in [6.45, 7) is 5.64. The van der Waals surface area contributed by atoms with Gasteiger partial charge in [0.15, 0.2) is 0 Å². The third-order valence-electron chi connectivity index (χ3n) is 3.67. The van der Waals surface area contributed by atoms with Gasteiger partial charge in [0.2, 0.25) is 0 Å². The molecule has 3 nitrogen and oxygen atoms in total. The minimum atomic E-state index is 0.498. The normalized spacial score (nSPS) is 26.9. The topological polar surface area (TPSA) is 18.5 Å². The van der Waals surface area contributed by atoms with Gasteiger partial charge in [-0.25, -0.2) is 0 Å². The second-order valence-electron chi connectivity index (χ2n) is 4.77. The maximum Gasteiger partial charge on any atom is 0.0890 e. The van der Waals surface area contributed by atoms with Crippen LogP contribution in [-0.2, 0) is 6.54 Å². The van der Waals surface area contributed by atoms with Crippen LogP contribution in [0.3, 0.4) is 0 Å². The number of hydrogen-bond acceptors (Lipinski definition) is 3. The summed E-state index contributed by atoms with van der Waals surface area (Å²) in [5.74, 6) is 0. The molecule has 1 aromatic rings. The molecule has 0 spiro atoms. The van der Waals surface area contributed by atoms with Gasteiger partial charge >= 0.3 is 0 Å². The predicted octanol–water partition coefficient (Wildman–Crippen LogP) is 1.04. The molecule has 3 heteroatoms. The lowest BCUT2D eigenvalue weighted by atomic mass is 10.1. The first-order valence-corrected chi connectivity index (χ1v) is 6.09. The van der Waals surface area contributed by atoms with Crippen molar-refractivity contribution in [2.24, 2.45) is 0 Å². The minimum Gasteiger partial charge on any atom is -0.314 e. The van der Waals surface area contributed by atoms with Crippen molar-refractivity contribution in [3.8, 4) is 0 Å². The number of nitrogens with zero attached hydrogens (tertiary/aromatic N) is 2. The molecule has 86 valence electrons. The van der Waals surface area contributed by atoms with Crippen LogP contribution in [-0.4, -0.2) is 43.0 Å². The first-order valence-electron chi connectivity index (χ1n) is 6.09. The molecule has 2 aliphatic heterocycles. The van der Waals surface area contributed by atoms with E-state index in [9.17, 15) is 0 Å². The van der Waals surface area contributed by atoms with Gasteiger partial charge in [0.1, 0.15) is 0 Å². The molecule has 0 radical (unpaired) electrons. The zero-order valence-electron chi connectivity index (χ0n) is 9.82. The summed E-state index contributed by atoms with van der Waals surface area (Å²) < 4.78 is 0. The summed E-state index contributed by atoms with van der Waals surface area (Å²) in [6.07, 6.45) is 0.498. The first-order chi connectivity index (χ1) is 7.86. The summed E-state index contributed by atoms with van der Waals surface area (Å²) in [7, 11) is 2.23. The van der Waals surface area contributed by atoms with Crippen LogP contribution in [0.4, 0.5) is 0 Å². The highest BCUT2D eigenvalue weighted by Crippen LogP contribution is 2.34. The molecule has 1 saturated heterocycles. The van der Waals surface area contributed by atoms with Crippen molar-refractivity contribution in [1.29, 1.82) is 0 Å². The van der Waals surface area contributed by atoms with Crippen molar-refractivity contribution in [1.82, 2.24) is 15.1 Å². The Balaban J connectivity index is 1.89. The predicted molar refractivity (Wildman–Crippen MR) is 65.1 cm³/mol. The van der Waals surface area contributed by atoms with Crippen LogP contribution < -0.4 is 5.32 Å². The van der Waals surface area contributed by atoms with Crippen molar-refractivity contribution in [2.75, 3.05) is 33.2 Å². The van der Waals surface area contributed by atoms with Crippen LogP contribution in [0, 0.1) is 0 Å². The lowest BCUT2D eigenvalue weighted by Gasteiger charge is -2.36. The van der Waals surface area contributed by atoms with Crippen LogP contribution in [0.25, 0.3) is 0 Å². The molecular formula is C13H19N3. The molecule has 2 aliphatic rings. The summed E-state index contributed by atoms with van der Waals surface area (Å²) >= 11 is 0. The molecule has 1 N–H and O–H groups in total. The van der Waals surface area contributed by atoms with E-state index in [4.69, 9.17) is 0 Å². The summed E-state index contributed by atoms with van der Waals surface area (Å²) in [5.41, 5.74) is 3.00. The van der Waals surface area contributed by atoms with Gasteiger partial charge in [-0.1, -0.05) is 24.3 Å². The fraction of sp³-hybridized carbons (Fsp3) is 0.538. The van der Waals surface area contributed by atoms with Crippen molar-refractivity contribution in [3.63, 3.8) is 0 Å². The third kappa shape index (κ3) is 1.65. The third-order valence-corrected chi connectivity index (χ3v) is 3.67. The van der Waals surface area contributed by atoms with Crippen molar-refractivity contribution >= 4 is 0 Å². The highest BCUT2D eigenvalue weighted by atomic mass is 15.4. The molecular weight excluding hydrogens is 198 g/mol. The molecule has 16 heavy (non-hydrogen) atoms. The average Bonchev–Trinajstić information content (AvgIpc) is 2.66. The molecule has 1 fully saturated rings. The van der Waals surface area contributed by atoms with Gasteiger partial charge in [0, 0.05) is 32.7 Å². The minimum absolute atomic E-state index is 0.498. The maximum atomic E-state index is 3.42. The Morgan fingerprint density at radius 2 is 1.94 bits per heavy atom. The summed E-state index contributed by atoms with van der Waals surface area (Å²) in [4.78, 5) is 5.04. The second-order valence-corrected chi connectivity index (χ2v) is 4.77. The number of hydrogen-bond donors (Lipinski definition) is 1. The largest absolute Gasteiger partial charge is 0.314 e. The summed E-state index contributed by atoms with van der Waals surface area (Å²) in [6, 6.07) is 8.85. The lowest BCUT2D eigenvalue weighted by molar-refractivity contribution is 0.0615. The quantitative estimate of drug-likeness (QED) is 0.758. The van der Waals surface area contributed by atoms with Crippen LogP contribution in [0.1, 0.15) is 17.3 Å². The zero-order valence-corrected chi connectivity index (χ0v) is 9.82. The van der Waals surface area contributed by atoms with Gasteiger partial charge in [-0.3, -0.25) is 9.80 Å². The Kier molecular flexibility index (Phi) is 2.67. The van der Waals surface area contributed by atoms with Crippen molar-refractivity contribution in [3.05, 3.63) is 35.4 Å². The molecule has 0 aromatic heterocycles. The molecule has 1 atom stereocenters. The molecule has 2 heterocycles. The Morgan fingerprint density at radius 1 is 1.19 bits per heavy atom. The first kappa shape index (κ1) is 10.3. The van der Waals surface area contributed by atoms with E-state index in [1.165, 1.54) is 11.1 Å². The van der Waals surface area contributed by atoms with Crippen molar-refractivity contribution in [2.45, 2.75) is 12.7 Å². The van der Waals surface area contributed by atoms with E-state index in [0.717, 1.165) is 32.7 Å². The number of nitrogens with one attached hydrogen (secondary N) is 1. The molecule has 0 saturated carbocycles. The van der Waals surface area contributed by atoms with E-state index in [1.54, 1.807) is 0 Å². The highest BCUT2D eigenvalue weighted by molar-refractivity contribution is 5.33. The Hall–Kier alpha value is -0.900. The average molecular weight is 217 g/mol. The van der Waals surface area contributed by atoms with Crippen LogP contribution in [0.15, 0.2) is 24.3 Å². The molecule has 3 rings (SSSR count). The highest BCUT2D eigenvalue weighted by Gasteiger charge is 2.32. The fourth-order valence-electron chi connectivity index (χ4n) is 2.92. The Labute approximate surface area is 97.0 Å². The van der Waals surface area contributed by atoms with Gasteiger partial charge in [-0.2, -0.15) is 0 Å². The maximum absolute atomic E-state index is 3.42. The zero-order chi connectivity index (χ0) is 11.0. The van der Waals surface area contributed by atoms with E-state index in [0.29, 0.717) is 6.17 Å². The van der Waals surface area contributed by atoms with E-state index in [-0.39, 0.29) is 0 Å². The smallest absolute Gasteiger partial charge is 0.0890 e. The molecule has 0 aliphatic carbocycles. The van der Waals surface area contributed by atoms with E-state index >= 15 is 0 Å². The second kappa shape index (κ2) is 4.17. The van der Waals surface area contributed by atoms with Gasteiger partial charge in [-0.05, 0) is 18.2 Å². The fourth-order valence-corrected chi connectivity index (χ4v) is 2.92. The standard InChI is InChI=1S/C13H19N3/c1-15-10-11-4-2-3-5-12(11)13(15)16-8-6-14-7-9-16/h2-5,13-14H,6-10H2,1H3. The van der Waals surface area contributed by atoms with E-state index in [2.05, 4.69) is 46.4 Å². The van der Waals surface area contributed by atoms with Crippen LogP contribution in [0.2, 0.25) is 0 Å². The van der Waals surface area contributed by atoms with Crippen LogP contribution >= 0.6 is 0 Å². The van der Waals surface area contributed by atoms with E-state index in [1.807, 2.05) is 0 Å². The van der Waals surface area contributed by atoms with E-state index < -0.39 is 0 Å². The molecule has 0 amide bonds. The van der Waals surface area contributed by atoms with Gasteiger partial charge in [0.25, 0.3) is 0 Å². The number of piperazine rings is 1. The van der Waals surface area contributed by atoms with Crippen molar-refractivity contribution < 1.29 is 0 Å². The molecule has 1 unspecified atom stereocenters. The van der Waals surface area contributed by atoms with Gasteiger partial charge < -0.3 is 5.32 Å². The summed E-state index contributed by atoms with van der Waals surface area (Å²) in [5, 5.41) is 3.42. The number of fused-ring (bicyclic) bond motifs is 1. The molecule has 0 bridgehead atoms. The van der Waals surface area contributed by atoms with Gasteiger partial charge in [0.05, 0.1) is 6.17 Å². The van der Waals surface area contributed by atoms with Gasteiger partial charge in [-0.15, -0.1) is 0 Å². The number of benzene rings is 1. The monoisotopic (exact) mass is 217 g/mol. The Bertz CT molecular complexity index is 371. The number of rotatable bonds is 1. The Morgan fingerprint density at radius 3 is 2.75 bits per heavy atom. The lowest BCUT2D eigenvalue weighted by Crippen LogP contribution is -2.47. The van der Waals surface area contributed by atoms with Crippen LogP contribution in [0.5, 0.6) is 0 Å². The SMILES string of the molecule is CN1Cc2ccccc2C1N1CCNCC1.